The second-order valence-corrected chi connectivity index (χ2v) is 5.99. The van der Waals surface area contributed by atoms with Gasteiger partial charge in [-0.3, -0.25) is 25.0 Å². The molecule has 0 bridgehead atoms. The summed E-state index contributed by atoms with van der Waals surface area (Å²) in [6, 6.07) is 0. The molecule has 0 unspecified atom stereocenters. The van der Waals surface area contributed by atoms with Gasteiger partial charge in [0.15, 0.2) is 0 Å². The molecule has 2 amide bonds. The van der Waals surface area contributed by atoms with E-state index in [9.17, 15) is 24.3 Å². The van der Waals surface area contributed by atoms with Gasteiger partial charge in [0.2, 0.25) is 11.6 Å². The molecule has 10 nitrogen and oxygen atoms in total. The van der Waals surface area contributed by atoms with E-state index in [1.807, 2.05) is 0 Å². The average molecular weight is 345 g/mol. The molecular formula is C12H15N3O7S. The van der Waals surface area contributed by atoms with Crippen molar-refractivity contribution >= 4 is 35.5 Å². The molecule has 5 N–H and O–H groups in total. The van der Waals surface area contributed by atoms with E-state index in [1.165, 1.54) is 6.92 Å². The number of aliphatic carboxylic acids is 1. The zero-order valence-electron chi connectivity index (χ0n) is 12.1. The zero-order valence-corrected chi connectivity index (χ0v) is 12.9. The summed E-state index contributed by atoms with van der Waals surface area (Å²) in [6.07, 6.45) is 0. The highest BCUT2D eigenvalue weighted by molar-refractivity contribution is 8.00. The third-order valence-electron chi connectivity index (χ3n) is 3.25. The first-order chi connectivity index (χ1) is 10.7. The summed E-state index contributed by atoms with van der Waals surface area (Å²) in [5, 5.41) is 8.54. The van der Waals surface area contributed by atoms with E-state index in [0.717, 1.165) is 16.7 Å². The third kappa shape index (κ3) is 3.02. The molecule has 2 rings (SSSR count). The second kappa shape index (κ2) is 6.18. The summed E-state index contributed by atoms with van der Waals surface area (Å²) in [7, 11) is 0. The maximum atomic E-state index is 12.2. The van der Waals surface area contributed by atoms with Crippen LogP contribution in [0.4, 0.5) is 0 Å². The van der Waals surface area contributed by atoms with Gasteiger partial charge in [-0.15, -0.1) is 11.8 Å². The number of fused-ring (bicyclic) bond motifs is 1. The van der Waals surface area contributed by atoms with Crippen LogP contribution in [0.2, 0.25) is 0 Å². The largest absolute Gasteiger partial charge is 0.477 e. The van der Waals surface area contributed by atoms with Crippen LogP contribution in [0, 0.1) is 0 Å². The number of β-lactam (4-membered cyclic amide) rings is 1. The van der Waals surface area contributed by atoms with Gasteiger partial charge >= 0.3 is 11.9 Å². The monoisotopic (exact) mass is 345 g/mol. The lowest BCUT2D eigenvalue weighted by Gasteiger charge is -2.54. The average Bonchev–Trinajstić information content (AvgIpc) is 2.48. The van der Waals surface area contributed by atoms with Gasteiger partial charge in [-0.1, -0.05) is 0 Å². The molecule has 2 atom stereocenters. The van der Waals surface area contributed by atoms with Gasteiger partial charge in [0.1, 0.15) is 24.3 Å². The number of ether oxygens (including phenoxy) is 2. The predicted octanol–water partition coefficient (Wildman–Crippen LogP) is -2.04. The Labute approximate surface area is 134 Å². The minimum atomic E-state index is -1.81. The van der Waals surface area contributed by atoms with E-state index < -0.39 is 41.5 Å². The van der Waals surface area contributed by atoms with Crippen molar-refractivity contribution < 1.29 is 33.8 Å². The van der Waals surface area contributed by atoms with Gasteiger partial charge in [-0.05, 0) is 0 Å². The second-order valence-electron chi connectivity index (χ2n) is 4.92. The Morgan fingerprint density at radius 1 is 1.48 bits per heavy atom. The number of esters is 1. The number of carboxylic acid groups (broad SMARTS) is 1. The lowest BCUT2D eigenvalue weighted by molar-refractivity contribution is -0.189. The summed E-state index contributed by atoms with van der Waals surface area (Å²) in [5.41, 5.74) is 8.97. The predicted molar refractivity (Wildman–Crippen MR) is 76.5 cm³/mol. The van der Waals surface area contributed by atoms with E-state index in [2.05, 4.69) is 0 Å². The number of amides is 2. The molecule has 0 aromatic heterocycles. The van der Waals surface area contributed by atoms with Crippen molar-refractivity contribution in [2.75, 3.05) is 19.0 Å². The molecule has 23 heavy (non-hydrogen) atoms. The van der Waals surface area contributed by atoms with E-state index in [1.54, 1.807) is 0 Å². The van der Waals surface area contributed by atoms with E-state index in [-0.39, 0.29) is 23.6 Å². The Balaban J connectivity index is 2.24. The Bertz CT molecular complexity index is 620. The Morgan fingerprint density at radius 3 is 2.65 bits per heavy atom. The van der Waals surface area contributed by atoms with Crippen molar-refractivity contribution in [3.63, 3.8) is 0 Å². The lowest BCUT2D eigenvalue weighted by Crippen LogP contribution is -2.79. The molecule has 0 radical (unpaired) electrons. The van der Waals surface area contributed by atoms with Crippen LogP contribution in [-0.4, -0.2) is 63.8 Å². The quantitative estimate of drug-likeness (QED) is 0.279. The number of thioether (sulfide) groups is 1. The molecule has 0 aromatic rings. The SMILES string of the molecule is CC(=O)OCC1=C(C(=O)O)N2C(=O)[C@@](N)(OCC(N)=O)[C@H]2SC1. The summed E-state index contributed by atoms with van der Waals surface area (Å²) >= 11 is 1.15. The molecule has 0 aliphatic carbocycles. The Hall–Kier alpha value is -2.11. The van der Waals surface area contributed by atoms with Crippen LogP contribution >= 0.6 is 11.8 Å². The minimum absolute atomic E-state index is 0.183. The molecule has 1 fully saturated rings. The minimum Gasteiger partial charge on any atom is -0.477 e. The maximum Gasteiger partial charge on any atom is 0.352 e. The summed E-state index contributed by atoms with van der Waals surface area (Å²) in [5.74, 6) is -3.33. The zero-order chi connectivity index (χ0) is 17.4. The number of carbonyl (C=O) groups is 4. The van der Waals surface area contributed by atoms with Gasteiger partial charge in [0.05, 0.1) is 0 Å². The van der Waals surface area contributed by atoms with Gasteiger partial charge < -0.3 is 20.3 Å². The highest BCUT2D eigenvalue weighted by atomic mass is 32.2. The highest BCUT2D eigenvalue weighted by Crippen LogP contribution is 2.45. The topological polar surface area (TPSA) is 162 Å². The molecule has 2 aliphatic heterocycles. The number of carboxylic acids is 1. The summed E-state index contributed by atoms with van der Waals surface area (Å²) in [4.78, 5) is 46.3. The van der Waals surface area contributed by atoms with Crippen molar-refractivity contribution in [3.8, 4) is 0 Å². The fourth-order valence-corrected chi connectivity index (χ4v) is 3.58. The number of nitrogens with zero attached hydrogens (tertiary/aromatic N) is 1. The van der Waals surface area contributed by atoms with E-state index in [0.29, 0.717) is 0 Å². The maximum absolute atomic E-state index is 12.2. The number of hydrogen-bond acceptors (Lipinski definition) is 8. The molecule has 0 spiro atoms. The van der Waals surface area contributed by atoms with Crippen molar-refractivity contribution in [3.05, 3.63) is 11.3 Å². The molecular weight excluding hydrogens is 330 g/mol. The first-order valence-electron chi connectivity index (χ1n) is 6.43. The fourth-order valence-electron chi connectivity index (χ4n) is 2.24. The van der Waals surface area contributed by atoms with Crippen LogP contribution in [-0.2, 0) is 28.7 Å². The highest BCUT2D eigenvalue weighted by Gasteiger charge is 2.64. The Kier molecular flexibility index (Phi) is 4.63. The van der Waals surface area contributed by atoms with Crippen LogP contribution in [0.25, 0.3) is 0 Å². The standard InChI is InChI=1S/C12H15N3O7S/c1-5(16)21-2-6-4-23-11-12(14,22-3-7(13)17)10(20)15(11)8(6)9(18)19/h11H,2-4,14H2,1H3,(H2,13,17)(H,18,19)/t11-,12-/m1/s1. The number of carbonyl (C=O) groups excluding carboxylic acids is 3. The van der Waals surface area contributed by atoms with Gasteiger partial charge in [-0.2, -0.15) is 0 Å². The fraction of sp³-hybridized carbons (Fsp3) is 0.500. The number of hydrogen-bond donors (Lipinski definition) is 3. The van der Waals surface area contributed by atoms with Crippen molar-refractivity contribution in [2.24, 2.45) is 11.5 Å². The normalized spacial score (nSPS) is 26.4. The lowest BCUT2D eigenvalue weighted by atomic mass is 9.99. The van der Waals surface area contributed by atoms with E-state index >= 15 is 0 Å². The van der Waals surface area contributed by atoms with Crippen molar-refractivity contribution in [1.82, 2.24) is 4.90 Å². The smallest absolute Gasteiger partial charge is 0.352 e. The number of primary amides is 1. The van der Waals surface area contributed by atoms with Crippen LogP contribution < -0.4 is 11.5 Å². The van der Waals surface area contributed by atoms with Crippen molar-refractivity contribution in [1.29, 1.82) is 0 Å². The van der Waals surface area contributed by atoms with Gasteiger partial charge in [-0.25, -0.2) is 4.79 Å². The van der Waals surface area contributed by atoms with Crippen LogP contribution in [0.15, 0.2) is 11.3 Å². The first kappa shape index (κ1) is 17.2. The molecule has 1 saturated heterocycles. The first-order valence-corrected chi connectivity index (χ1v) is 7.48. The number of rotatable bonds is 6. The van der Waals surface area contributed by atoms with Gasteiger partial charge in [0, 0.05) is 18.2 Å². The summed E-state index contributed by atoms with van der Waals surface area (Å²) in [6.45, 7) is 0.400. The molecule has 2 aliphatic rings. The van der Waals surface area contributed by atoms with Gasteiger partial charge in [0.25, 0.3) is 5.91 Å². The third-order valence-corrected chi connectivity index (χ3v) is 4.64. The Morgan fingerprint density at radius 2 is 2.13 bits per heavy atom. The molecule has 0 aromatic carbocycles. The molecule has 126 valence electrons. The molecule has 2 heterocycles. The molecule has 0 saturated carbocycles. The summed E-state index contributed by atoms with van der Waals surface area (Å²) < 4.78 is 9.86. The van der Waals surface area contributed by atoms with Crippen molar-refractivity contribution in [2.45, 2.75) is 18.0 Å². The van der Waals surface area contributed by atoms with Crippen LogP contribution in [0.5, 0.6) is 0 Å². The van der Waals surface area contributed by atoms with E-state index in [4.69, 9.17) is 20.9 Å². The van der Waals surface area contributed by atoms with Crippen LogP contribution in [0.3, 0.4) is 0 Å². The molecule has 11 heteroatoms. The van der Waals surface area contributed by atoms with Crippen LogP contribution in [0.1, 0.15) is 6.92 Å². The number of nitrogens with two attached hydrogens (primary N) is 2.